The molecular weight excluding hydrogens is 632 g/mol. The van der Waals surface area contributed by atoms with Crippen LogP contribution >= 0.6 is 0 Å². The predicted molar refractivity (Wildman–Crippen MR) is 189 cm³/mol. The van der Waals surface area contributed by atoms with Crippen LogP contribution in [-0.4, -0.2) is 93.4 Å². The lowest BCUT2D eigenvalue weighted by atomic mass is 10.1. The number of unbranched alkanes of at least 4 members (excludes halogenated alkanes) is 8. The highest BCUT2D eigenvalue weighted by Crippen LogP contribution is 2.40. The van der Waals surface area contributed by atoms with Gasteiger partial charge in [0.25, 0.3) is 0 Å². The Morgan fingerprint density at radius 1 is 0.592 bits per heavy atom. The molecule has 0 bridgehead atoms. The summed E-state index contributed by atoms with van der Waals surface area (Å²) in [4.78, 5) is 27.1. The molecule has 0 saturated carbocycles. The summed E-state index contributed by atoms with van der Waals surface area (Å²) in [7, 11) is 6.15. The Hall–Kier alpha value is -4.06. The van der Waals surface area contributed by atoms with Crippen molar-refractivity contribution in [2.45, 2.75) is 91.1 Å². The number of nitrogens with zero attached hydrogens (tertiary/aromatic N) is 2. The van der Waals surface area contributed by atoms with E-state index in [2.05, 4.69) is 13.8 Å². The first-order chi connectivity index (χ1) is 23.7. The quantitative estimate of drug-likeness (QED) is 0.0903. The Morgan fingerprint density at radius 3 is 1.37 bits per heavy atom. The second kappa shape index (κ2) is 23.3. The van der Waals surface area contributed by atoms with E-state index >= 15 is 0 Å². The second-order valence-electron chi connectivity index (χ2n) is 12.0. The molecular formula is C37H58N2O10. The van der Waals surface area contributed by atoms with Crippen molar-refractivity contribution in [3.8, 4) is 34.5 Å². The number of carboxylic acids is 1. The highest BCUT2D eigenvalue weighted by Gasteiger charge is 2.21. The maximum absolute atomic E-state index is 12.3. The van der Waals surface area contributed by atoms with Gasteiger partial charge in [0.2, 0.25) is 11.5 Å². The van der Waals surface area contributed by atoms with Crippen LogP contribution in [0.5, 0.6) is 34.5 Å². The molecule has 0 aliphatic rings. The Morgan fingerprint density at radius 2 is 1.00 bits per heavy atom. The van der Waals surface area contributed by atoms with E-state index in [0.29, 0.717) is 53.3 Å². The fraction of sp³-hybridized carbons (Fsp3) is 0.622. The third-order valence-electron chi connectivity index (χ3n) is 8.12. The third kappa shape index (κ3) is 14.5. The molecule has 12 heteroatoms. The van der Waals surface area contributed by atoms with Gasteiger partial charge >= 0.3 is 12.1 Å². The number of methoxy groups -OCH3 is 4. The lowest BCUT2D eigenvalue weighted by Crippen LogP contribution is -2.39. The molecule has 2 N–H and O–H groups in total. The average molecular weight is 691 g/mol. The molecule has 0 spiro atoms. The van der Waals surface area contributed by atoms with Gasteiger partial charge in [0, 0.05) is 26.2 Å². The lowest BCUT2D eigenvalue weighted by Gasteiger charge is -2.26. The number of hydrogen-bond donors (Lipinski definition) is 2. The Balaban J connectivity index is 2.16. The molecule has 12 nitrogen and oxygen atoms in total. The molecule has 0 heterocycles. The maximum atomic E-state index is 12.3. The van der Waals surface area contributed by atoms with Gasteiger partial charge in [0.1, 0.15) is 0 Å². The zero-order valence-corrected chi connectivity index (χ0v) is 30.4. The van der Waals surface area contributed by atoms with Gasteiger partial charge in [0.15, 0.2) is 23.0 Å². The van der Waals surface area contributed by atoms with Crippen LogP contribution in [0.3, 0.4) is 0 Å². The minimum atomic E-state index is -1.14. The zero-order valence-electron chi connectivity index (χ0n) is 30.4. The molecule has 1 amide bonds. The van der Waals surface area contributed by atoms with Gasteiger partial charge in [-0.3, -0.25) is 9.69 Å². The summed E-state index contributed by atoms with van der Waals surface area (Å²) in [6.07, 6.45) is 9.89. The monoisotopic (exact) mass is 690 g/mol. The molecule has 276 valence electrons. The first-order valence-corrected chi connectivity index (χ1v) is 17.4. The standard InChI is InChI=1S/C37H58N2O10/c1-7-9-11-13-15-19-48-35-30(44-3)21-28(22-31(35)45-4)25-38(27-34(40)41)17-18-39(37(42)43)26-29-23-32(46-5)36(33(24-29)47-6)49-20-16-14-12-10-8-2/h21-24H,7-20,25-27H2,1-6H3,(H,40,41)(H,42,43). The summed E-state index contributed by atoms with van der Waals surface area (Å²) >= 11 is 0. The molecule has 0 aliphatic carbocycles. The topological polar surface area (TPSA) is 136 Å². The Kier molecular flexibility index (Phi) is 19.6. The van der Waals surface area contributed by atoms with Gasteiger partial charge in [-0.1, -0.05) is 65.2 Å². The van der Waals surface area contributed by atoms with Crippen LogP contribution in [0, 0.1) is 0 Å². The number of hydrogen-bond acceptors (Lipinski definition) is 9. The molecule has 0 saturated heterocycles. The van der Waals surface area contributed by atoms with E-state index in [-0.39, 0.29) is 32.7 Å². The van der Waals surface area contributed by atoms with Gasteiger partial charge in [-0.05, 0) is 48.2 Å². The summed E-state index contributed by atoms with van der Waals surface area (Å²) in [5, 5.41) is 19.8. The largest absolute Gasteiger partial charge is 0.493 e. The van der Waals surface area contributed by atoms with Crippen LogP contribution in [0.25, 0.3) is 0 Å². The molecule has 49 heavy (non-hydrogen) atoms. The van der Waals surface area contributed by atoms with E-state index in [1.807, 2.05) is 0 Å². The maximum Gasteiger partial charge on any atom is 0.407 e. The zero-order chi connectivity index (χ0) is 36.0. The van der Waals surface area contributed by atoms with Crippen molar-refractivity contribution < 1.29 is 48.2 Å². The first-order valence-electron chi connectivity index (χ1n) is 17.4. The average Bonchev–Trinajstić information content (AvgIpc) is 3.09. The fourth-order valence-electron chi connectivity index (χ4n) is 5.48. The molecule has 0 radical (unpaired) electrons. The van der Waals surface area contributed by atoms with Crippen molar-refractivity contribution in [1.29, 1.82) is 0 Å². The van der Waals surface area contributed by atoms with Gasteiger partial charge in [0.05, 0.1) is 48.2 Å². The summed E-state index contributed by atoms with van der Waals surface area (Å²) in [5.41, 5.74) is 1.38. The Labute approximate surface area is 292 Å². The lowest BCUT2D eigenvalue weighted by molar-refractivity contribution is -0.138. The number of amides is 1. The van der Waals surface area contributed by atoms with Crippen LogP contribution in [0.4, 0.5) is 4.79 Å². The summed E-state index contributed by atoms with van der Waals surface area (Å²) < 4.78 is 34.5. The van der Waals surface area contributed by atoms with Gasteiger partial charge in [-0.2, -0.15) is 0 Å². The first kappa shape index (κ1) is 41.1. The molecule has 2 aromatic rings. The van der Waals surface area contributed by atoms with Crippen LogP contribution in [0.1, 0.15) is 89.2 Å². The van der Waals surface area contributed by atoms with Crippen molar-refractivity contribution in [1.82, 2.24) is 9.80 Å². The summed E-state index contributed by atoms with van der Waals surface area (Å²) in [6, 6.07) is 7.08. The smallest absolute Gasteiger partial charge is 0.407 e. The molecule has 0 unspecified atom stereocenters. The van der Waals surface area contributed by atoms with Crippen LogP contribution in [0.15, 0.2) is 24.3 Å². The van der Waals surface area contributed by atoms with Crippen LogP contribution < -0.4 is 28.4 Å². The van der Waals surface area contributed by atoms with Crippen LogP contribution in [0.2, 0.25) is 0 Å². The van der Waals surface area contributed by atoms with Crippen molar-refractivity contribution in [3.63, 3.8) is 0 Å². The molecule has 2 rings (SSSR count). The predicted octanol–water partition coefficient (Wildman–Crippen LogP) is 7.49. The molecule has 0 fully saturated rings. The van der Waals surface area contributed by atoms with Gasteiger partial charge in [-0.25, -0.2) is 4.79 Å². The van der Waals surface area contributed by atoms with E-state index < -0.39 is 12.1 Å². The van der Waals surface area contributed by atoms with Crippen molar-refractivity contribution >= 4 is 12.1 Å². The minimum absolute atomic E-state index is 0.0341. The summed E-state index contributed by atoms with van der Waals surface area (Å²) in [5.74, 6) is 1.82. The molecule has 0 aromatic heterocycles. The molecule has 0 aliphatic heterocycles. The summed E-state index contributed by atoms with van der Waals surface area (Å²) in [6.45, 7) is 5.57. The molecule has 2 aromatic carbocycles. The van der Waals surface area contributed by atoms with Crippen molar-refractivity contribution in [3.05, 3.63) is 35.4 Å². The number of carboxylic acid groups (broad SMARTS) is 2. The van der Waals surface area contributed by atoms with E-state index in [1.165, 1.54) is 44.8 Å². The van der Waals surface area contributed by atoms with Crippen molar-refractivity contribution in [2.24, 2.45) is 0 Å². The van der Waals surface area contributed by atoms with Crippen LogP contribution in [-0.2, 0) is 17.9 Å². The van der Waals surface area contributed by atoms with E-state index in [0.717, 1.165) is 44.1 Å². The highest BCUT2D eigenvalue weighted by molar-refractivity contribution is 5.69. The highest BCUT2D eigenvalue weighted by atomic mass is 16.5. The normalized spacial score (nSPS) is 10.9. The number of rotatable bonds is 27. The second-order valence-corrected chi connectivity index (χ2v) is 12.0. The van der Waals surface area contributed by atoms with E-state index in [1.54, 1.807) is 43.4 Å². The number of carbonyl (C=O) groups is 2. The number of aliphatic carboxylic acids is 1. The van der Waals surface area contributed by atoms with E-state index in [4.69, 9.17) is 28.4 Å². The SMILES string of the molecule is CCCCCCCOc1c(OC)cc(CN(CCN(Cc2cc(OC)c(OCCCCCCC)c(OC)c2)C(=O)O)CC(=O)O)cc1OC. The third-order valence-corrected chi connectivity index (χ3v) is 8.12. The van der Waals surface area contributed by atoms with Crippen molar-refractivity contribution in [2.75, 3.05) is 61.3 Å². The molecule has 0 atom stereocenters. The number of ether oxygens (including phenoxy) is 6. The van der Waals surface area contributed by atoms with Gasteiger partial charge < -0.3 is 43.5 Å². The Bertz CT molecular complexity index is 1220. The van der Waals surface area contributed by atoms with E-state index in [9.17, 15) is 19.8 Å². The van der Waals surface area contributed by atoms with Gasteiger partial charge in [-0.15, -0.1) is 0 Å². The number of benzene rings is 2. The minimum Gasteiger partial charge on any atom is -0.493 e. The fourth-order valence-corrected chi connectivity index (χ4v) is 5.48.